The summed E-state index contributed by atoms with van der Waals surface area (Å²) in [5, 5.41) is 24.9. The molecule has 2 N–H and O–H groups in total. The molecule has 5 rings (SSSR count). The van der Waals surface area contributed by atoms with Crippen molar-refractivity contribution < 1.29 is 19.7 Å². The van der Waals surface area contributed by atoms with Crippen LogP contribution >= 0.6 is 23.2 Å². The summed E-state index contributed by atoms with van der Waals surface area (Å²) in [6.07, 6.45) is -0.117. The number of aromatic nitrogens is 1. The van der Waals surface area contributed by atoms with Gasteiger partial charge in [0.15, 0.2) is 11.2 Å². The zero-order chi connectivity index (χ0) is 23.5. The average molecular weight is 485 g/mol. The maximum absolute atomic E-state index is 13.4. The molecule has 1 aliphatic carbocycles. The number of aliphatic hydroxyl groups excluding tert-OH is 1. The lowest BCUT2D eigenvalue weighted by molar-refractivity contribution is -0.157. The topological polar surface area (TPSA) is 82.9 Å². The van der Waals surface area contributed by atoms with Crippen LogP contribution in [0.2, 0.25) is 10.0 Å². The number of benzene rings is 2. The van der Waals surface area contributed by atoms with Crippen molar-refractivity contribution in [2.75, 3.05) is 14.1 Å². The number of carbonyl (C=O) groups is 1. The maximum atomic E-state index is 13.4. The molecule has 1 fully saturated rings. The van der Waals surface area contributed by atoms with E-state index in [0.717, 1.165) is 5.56 Å². The fourth-order valence-corrected chi connectivity index (χ4v) is 5.68. The van der Waals surface area contributed by atoms with Crippen LogP contribution in [-0.4, -0.2) is 46.2 Å². The number of amides is 1. The first-order valence-electron chi connectivity index (χ1n) is 10.5. The number of fused-ring (bicyclic) bond motifs is 3. The van der Waals surface area contributed by atoms with Crippen LogP contribution in [0.5, 0.6) is 5.75 Å². The summed E-state index contributed by atoms with van der Waals surface area (Å²) in [5.41, 5.74) is -2.15. The number of carbonyl (C=O) groups excluding carboxylic acids is 1. The molecule has 1 aromatic heterocycles. The summed E-state index contributed by atoms with van der Waals surface area (Å²) >= 11 is 12.3. The Labute approximate surface area is 201 Å². The van der Waals surface area contributed by atoms with Crippen LogP contribution in [0.1, 0.15) is 22.7 Å². The van der Waals surface area contributed by atoms with E-state index in [1.807, 2.05) is 30.3 Å². The minimum absolute atomic E-state index is 0.143. The fraction of sp³-hybridized carbons (Fsp3) is 0.280. The van der Waals surface area contributed by atoms with E-state index in [2.05, 4.69) is 4.98 Å². The molecule has 1 amide bonds. The summed E-state index contributed by atoms with van der Waals surface area (Å²) in [7, 11) is 3.24. The van der Waals surface area contributed by atoms with Gasteiger partial charge in [0.1, 0.15) is 17.5 Å². The van der Waals surface area contributed by atoms with Crippen LogP contribution in [0.4, 0.5) is 0 Å². The monoisotopic (exact) mass is 484 g/mol. The van der Waals surface area contributed by atoms with E-state index in [4.69, 9.17) is 27.9 Å². The van der Waals surface area contributed by atoms with Crippen molar-refractivity contribution in [2.45, 2.75) is 23.2 Å². The van der Waals surface area contributed by atoms with E-state index >= 15 is 0 Å². The molecule has 1 aliphatic heterocycles. The predicted molar refractivity (Wildman–Crippen MR) is 124 cm³/mol. The highest BCUT2D eigenvalue weighted by atomic mass is 35.5. The Morgan fingerprint density at radius 3 is 2.36 bits per heavy atom. The van der Waals surface area contributed by atoms with Gasteiger partial charge >= 0.3 is 0 Å². The maximum Gasteiger partial charge on any atom is 0.228 e. The Balaban J connectivity index is 1.87. The number of hydrogen-bond donors (Lipinski definition) is 2. The highest BCUT2D eigenvalue weighted by Gasteiger charge is 2.78. The van der Waals surface area contributed by atoms with Crippen LogP contribution in [0.3, 0.4) is 0 Å². The van der Waals surface area contributed by atoms with Crippen LogP contribution in [0, 0.1) is 5.92 Å². The van der Waals surface area contributed by atoms with E-state index < -0.39 is 29.1 Å². The minimum atomic E-state index is -2.03. The number of hydrogen-bond acceptors (Lipinski definition) is 5. The van der Waals surface area contributed by atoms with Gasteiger partial charge in [-0.25, -0.2) is 0 Å². The number of rotatable bonds is 3. The third kappa shape index (κ3) is 2.95. The lowest BCUT2D eigenvalue weighted by atomic mass is 9.71. The zero-order valence-electron chi connectivity index (χ0n) is 17.9. The Kier molecular flexibility index (Phi) is 5.18. The first kappa shape index (κ1) is 22.2. The van der Waals surface area contributed by atoms with Gasteiger partial charge in [-0.1, -0.05) is 65.7 Å². The highest BCUT2D eigenvalue weighted by Crippen LogP contribution is 2.68. The molecule has 6 nitrogen and oxygen atoms in total. The molecule has 0 spiro atoms. The number of aliphatic hydroxyl groups is 2. The van der Waals surface area contributed by atoms with Gasteiger partial charge in [0.2, 0.25) is 5.91 Å². The van der Waals surface area contributed by atoms with Crippen LogP contribution < -0.4 is 4.74 Å². The third-order valence-corrected chi connectivity index (χ3v) is 7.20. The Morgan fingerprint density at radius 2 is 1.73 bits per heavy atom. The van der Waals surface area contributed by atoms with Gasteiger partial charge in [-0.3, -0.25) is 9.78 Å². The van der Waals surface area contributed by atoms with Crippen molar-refractivity contribution in [2.24, 2.45) is 5.92 Å². The molecule has 170 valence electrons. The van der Waals surface area contributed by atoms with Gasteiger partial charge < -0.3 is 19.8 Å². The van der Waals surface area contributed by atoms with Crippen molar-refractivity contribution in [1.29, 1.82) is 0 Å². The van der Waals surface area contributed by atoms with Crippen LogP contribution in [-0.2, 0) is 16.0 Å². The smallest absolute Gasteiger partial charge is 0.228 e. The summed E-state index contributed by atoms with van der Waals surface area (Å²) in [4.78, 5) is 19.2. The lowest BCUT2D eigenvalue weighted by Gasteiger charge is -2.40. The molecule has 2 aliphatic rings. The minimum Gasteiger partial charge on any atom is -0.476 e. The average Bonchev–Trinajstić information content (AvgIpc) is 3.17. The van der Waals surface area contributed by atoms with E-state index in [-0.39, 0.29) is 17.4 Å². The molecule has 0 radical (unpaired) electrons. The molecule has 0 saturated heterocycles. The number of ether oxygens (including phenoxy) is 1. The van der Waals surface area contributed by atoms with Gasteiger partial charge in [0.05, 0.1) is 10.9 Å². The normalized spacial score (nSPS) is 29.8. The first-order valence-corrected chi connectivity index (χ1v) is 11.2. The molecule has 0 bridgehead atoms. The molecule has 1 saturated carbocycles. The molecule has 5 atom stereocenters. The molecule has 2 heterocycles. The number of halogens is 2. The molecule has 8 heteroatoms. The van der Waals surface area contributed by atoms with E-state index in [1.165, 1.54) is 11.1 Å². The lowest BCUT2D eigenvalue weighted by Crippen LogP contribution is -2.52. The molecule has 3 aromatic rings. The van der Waals surface area contributed by atoms with Crippen molar-refractivity contribution in [1.82, 2.24) is 9.88 Å². The van der Waals surface area contributed by atoms with E-state index in [9.17, 15) is 15.0 Å². The highest BCUT2D eigenvalue weighted by molar-refractivity contribution is 6.30. The Hall–Kier alpha value is -2.64. The van der Waals surface area contributed by atoms with Crippen molar-refractivity contribution >= 4 is 29.1 Å². The second-order valence-corrected chi connectivity index (χ2v) is 9.58. The van der Waals surface area contributed by atoms with Gasteiger partial charge in [-0.15, -0.1) is 0 Å². The Bertz CT molecular complexity index is 1220. The van der Waals surface area contributed by atoms with E-state index in [1.54, 1.807) is 44.4 Å². The molecule has 33 heavy (non-hydrogen) atoms. The predicted octanol–water partition coefficient (Wildman–Crippen LogP) is 3.73. The summed E-state index contributed by atoms with van der Waals surface area (Å²) in [6, 6.07) is 17.7. The van der Waals surface area contributed by atoms with Crippen molar-refractivity contribution in [3.63, 3.8) is 0 Å². The molecule has 1 unspecified atom stereocenters. The van der Waals surface area contributed by atoms with Crippen LogP contribution in [0.15, 0.2) is 66.9 Å². The molecular weight excluding hydrogens is 463 g/mol. The molecular formula is C25H22Cl2N2O4. The summed E-state index contributed by atoms with van der Waals surface area (Å²) in [6.45, 7) is 0. The zero-order valence-corrected chi connectivity index (χ0v) is 19.5. The van der Waals surface area contributed by atoms with Crippen molar-refractivity contribution in [3.05, 3.63) is 93.7 Å². The number of nitrogens with zero attached hydrogens (tertiary/aromatic N) is 2. The largest absolute Gasteiger partial charge is 0.476 e. The van der Waals surface area contributed by atoms with Gasteiger partial charge in [0, 0.05) is 37.3 Å². The quantitative estimate of drug-likeness (QED) is 0.591. The van der Waals surface area contributed by atoms with Crippen molar-refractivity contribution in [3.8, 4) is 5.75 Å². The third-order valence-electron chi connectivity index (χ3n) is 6.74. The second-order valence-electron chi connectivity index (χ2n) is 8.70. The second kappa shape index (κ2) is 7.71. The van der Waals surface area contributed by atoms with Gasteiger partial charge in [0.25, 0.3) is 0 Å². The SMILES string of the molecule is CN(C)C(=O)[C@H]1[C@@H](O)C2(O)c3ncc(Cl)cc3O[C@@]2(c2ccc(Cl)cc2)[C@@H]1c1ccccc1. The van der Waals surface area contributed by atoms with Gasteiger partial charge in [-0.2, -0.15) is 0 Å². The molecule has 2 aromatic carbocycles. The summed E-state index contributed by atoms with van der Waals surface area (Å²) in [5.74, 6) is -1.82. The standard InChI is InChI=1S/C25H22Cl2N2O4/c1-29(2)23(31)19-20(14-6-4-3-5-7-14)25(15-8-10-16(26)11-9-15)24(32,22(19)30)21-18(33-25)12-17(27)13-28-21/h3-13,19-20,22,30,32H,1-2H3/t19-,20-,22-,24?,25+/m1/s1. The van der Waals surface area contributed by atoms with E-state index in [0.29, 0.717) is 15.6 Å². The Morgan fingerprint density at radius 1 is 1.06 bits per heavy atom. The van der Waals surface area contributed by atoms with Crippen LogP contribution in [0.25, 0.3) is 0 Å². The number of pyridine rings is 1. The summed E-state index contributed by atoms with van der Waals surface area (Å²) < 4.78 is 6.56. The fourth-order valence-electron chi connectivity index (χ4n) is 5.40. The van der Waals surface area contributed by atoms with Gasteiger partial charge in [-0.05, 0) is 23.3 Å². The first-order chi connectivity index (χ1) is 15.7.